The fourth-order valence-electron chi connectivity index (χ4n) is 2.42. The summed E-state index contributed by atoms with van der Waals surface area (Å²) in [6.07, 6.45) is 5.55. The minimum atomic E-state index is -0.247. The first-order valence-electron chi connectivity index (χ1n) is 8.78. The molecule has 0 spiro atoms. The molecule has 2 amide bonds. The van der Waals surface area contributed by atoms with Crippen molar-refractivity contribution < 1.29 is 14.3 Å². The number of pyridine rings is 1. The maximum atomic E-state index is 12.3. The van der Waals surface area contributed by atoms with Crippen LogP contribution < -0.4 is 15.4 Å². The molecule has 0 radical (unpaired) electrons. The summed E-state index contributed by atoms with van der Waals surface area (Å²) < 4.78 is 5.19. The number of benzene rings is 1. The van der Waals surface area contributed by atoms with E-state index >= 15 is 0 Å². The zero-order valence-corrected chi connectivity index (χ0v) is 15.2. The molecule has 1 aromatic heterocycles. The molecule has 0 aliphatic carbocycles. The van der Waals surface area contributed by atoms with E-state index in [4.69, 9.17) is 4.74 Å². The molecule has 138 valence electrons. The predicted molar refractivity (Wildman–Crippen MR) is 101 cm³/mol. The van der Waals surface area contributed by atoms with Crippen LogP contribution in [0.5, 0.6) is 5.75 Å². The van der Waals surface area contributed by atoms with Crippen molar-refractivity contribution in [1.82, 2.24) is 15.6 Å². The maximum Gasteiger partial charge on any atom is 0.252 e. The van der Waals surface area contributed by atoms with Gasteiger partial charge >= 0.3 is 0 Å². The van der Waals surface area contributed by atoms with E-state index in [1.165, 1.54) is 12.4 Å². The molecule has 1 aromatic carbocycles. The molecule has 6 heteroatoms. The Morgan fingerprint density at radius 3 is 2.38 bits per heavy atom. The number of nitrogens with zero attached hydrogens (tertiary/aromatic N) is 1. The van der Waals surface area contributed by atoms with Gasteiger partial charge in [0, 0.05) is 25.5 Å². The smallest absolute Gasteiger partial charge is 0.252 e. The Kier molecular flexibility index (Phi) is 7.61. The van der Waals surface area contributed by atoms with E-state index in [0.717, 1.165) is 24.2 Å². The molecule has 0 aliphatic heterocycles. The van der Waals surface area contributed by atoms with Crippen molar-refractivity contribution in [1.29, 1.82) is 0 Å². The molecule has 0 atom stereocenters. The summed E-state index contributed by atoms with van der Waals surface area (Å²) in [6.45, 7) is 3.16. The Hall–Kier alpha value is -2.89. The second-order valence-electron chi connectivity index (χ2n) is 5.93. The van der Waals surface area contributed by atoms with Gasteiger partial charge in [-0.05, 0) is 36.6 Å². The highest BCUT2D eigenvalue weighted by molar-refractivity contribution is 5.99. The minimum absolute atomic E-state index is 0.211. The standard InChI is InChI=1S/C20H25N3O3/c1-3-4-9-22-19(24)16-12-17(14-21-13-16)20(25)23-10-8-15-6-5-7-18(11-15)26-2/h5-7,11-14H,3-4,8-10H2,1-2H3,(H,22,24)(H,23,25). The van der Waals surface area contributed by atoms with Crippen LogP contribution in [-0.2, 0) is 6.42 Å². The molecular formula is C20H25N3O3. The number of carbonyl (C=O) groups excluding carboxylic acids is 2. The summed E-state index contributed by atoms with van der Waals surface area (Å²) in [5.41, 5.74) is 1.84. The molecule has 26 heavy (non-hydrogen) atoms. The number of ether oxygens (including phenoxy) is 1. The number of methoxy groups -OCH3 is 1. The van der Waals surface area contributed by atoms with Crippen molar-refractivity contribution in [2.24, 2.45) is 0 Å². The van der Waals surface area contributed by atoms with Crippen molar-refractivity contribution in [2.45, 2.75) is 26.2 Å². The van der Waals surface area contributed by atoms with E-state index in [0.29, 0.717) is 30.6 Å². The second-order valence-corrected chi connectivity index (χ2v) is 5.93. The van der Waals surface area contributed by atoms with E-state index < -0.39 is 0 Å². The van der Waals surface area contributed by atoms with Gasteiger partial charge in [-0.15, -0.1) is 0 Å². The molecule has 0 aliphatic rings. The summed E-state index contributed by atoms with van der Waals surface area (Å²) in [7, 11) is 1.62. The molecule has 0 bridgehead atoms. The van der Waals surface area contributed by atoms with Gasteiger partial charge < -0.3 is 15.4 Å². The van der Waals surface area contributed by atoms with E-state index in [1.54, 1.807) is 13.2 Å². The summed E-state index contributed by atoms with van der Waals surface area (Å²) in [4.78, 5) is 28.4. The lowest BCUT2D eigenvalue weighted by Crippen LogP contribution is -2.27. The highest BCUT2D eigenvalue weighted by atomic mass is 16.5. The van der Waals surface area contributed by atoms with Crippen LogP contribution >= 0.6 is 0 Å². The van der Waals surface area contributed by atoms with Crippen molar-refractivity contribution in [2.75, 3.05) is 20.2 Å². The quantitative estimate of drug-likeness (QED) is 0.678. The summed E-state index contributed by atoms with van der Waals surface area (Å²) in [5.74, 6) is 0.334. The number of carbonyl (C=O) groups is 2. The first-order chi connectivity index (χ1) is 12.6. The van der Waals surface area contributed by atoms with Gasteiger partial charge in [-0.1, -0.05) is 25.5 Å². The van der Waals surface area contributed by atoms with Crippen LogP contribution in [0.4, 0.5) is 0 Å². The molecule has 1 heterocycles. The van der Waals surface area contributed by atoms with Gasteiger partial charge in [-0.3, -0.25) is 14.6 Å². The Bertz CT molecular complexity index is 747. The van der Waals surface area contributed by atoms with Gasteiger partial charge in [0.2, 0.25) is 0 Å². The number of rotatable bonds is 9. The van der Waals surface area contributed by atoms with Crippen LogP contribution in [0.15, 0.2) is 42.7 Å². The average Bonchev–Trinajstić information content (AvgIpc) is 2.68. The van der Waals surface area contributed by atoms with Gasteiger partial charge in [-0.2, -0.15) is 0 Å². The Morgan fingerprint density at radius 2 is 1.73 bits per heavy atom. The first kappa shape index (κ1) is 19.4. The molecule has 0 unspecified atom stereocenters. The highest BCUT2D eigenvalue weighted by Crippen LogP contribution is 2.12. The minimum Gasteiger partial charge on any atom is -0.497 e. The lowest BCUT2D eigenvalue weighted by Gasteiger charge is -2.08. The zero-order chi connectivity index (χ0) is 18.8. The molecule has 0 saturated carbocycles. The van der Waals surface area contributed by atoms with Crippen LogP contribution in [0.3, 0.4) is 0 Å². The van der Waals surface area contributed by atoms with Crippen molar-refractivity contribution in [3.05, 3.63) is 59.4 Å². The Labute approximate surface area is 154 Å². The highest BCUT2D eigenvalue weighted by Gasteiger charge is 2.11. The maximum absolute atomic E-state index is 12.3. The van der Waals surface area contributed by atoms with E-state index in [1.807, 2.05) is 24.3 Å². The number of nitrogens with one attached hydrogen (secondary N) is 2. The van der Waals surface area contributed by atoms with Crippen LogP contribution in [0.1, 0.15) is 46.0 Å². The third-order valence-corrected chi connectivity index (χ3v) is 3.91. The number of amides is 2. The normalized spacial score (nSPS) is 10.2. The van der Waals surface area contributed by atoms with E-state index in [2.05, 4.69) is 22.5 Å². The van der Waals surface area contributed by atoms with Gasteiger partial charge in [0.15, 0.2) is 0 Å². The fourth-order valence-corrected chi connectivity index (χ4v) is 2.42. The van der Waals surface area contributed by atoms with Gasteiger partial charge in [0.05, 0.1) is 18.2 Å². The number of aromatic nitrogens is 1. The van der Waals surface area contributed by atoms with Gasteiger partial charge in [0.25, 0.3) is 11.8 Å². The summed E-state index contributed by atoms with van der Waals surface area (Å²) >= 11 is 0. The SMILES string of the molecule is CCCCNC(=O)c1cncc(C(=O)NCCc2cccc(OC)c2)c1. The van der Waals surface area contributed by atoms with Crippen LogP contribution in [-0.4, -0.2) is 37.0 Å². The second kappa shape index (κ2) is 10.2. The largest absolute Gasteiger partial charge is 0.497 e. The van der Waals surface area contributed by atoms with Crippen LogP contribution in [0, 0.1) is 0 Å². The van der Waals surface area contributed by atoms with Crippen LogP contribution in [0.2, 0.25) is 0 Å². The van der Waals surface area contributed by atoms with E-state index in [9.17, 15) is 9.59 Å². The number of hydrogen-bond acceptors (Lipinski definition) is 4. The monoisotopic (exact) mass is 355 g/mol. The Balaban J connectivity index is 1.88. The molecule has 0 saturated heterocycles. The van der Waals surface area contributed by atoms with Crippen molar-refractivity contribution >= 4 is 11.8 Å². The van der Waals surface area contributed by atoms with Gasteiger partial charge in [-0.25, -0.2) is 0 Å². The third kappa shape index (κ3) is 5.88. The van der Waals surface area contributed by atoms with Crippen LogP contribution in [0.25, 0.3) is 0 Å². The van der Waals surface area contributed by atoms with Crippen molar-refractivity contribution in [3.63, 3.8) is 0 Å². The molecule has 2 N–H and O–H groups in total. The van der Waals surface area contributed by atoms with Gasteiger partial charge in [0.1, 0.15) is 5.75 Å². The molecule has 0 fully saturated rings. The number of unbranched alkanes of at least 4 members (excludes halogenated alkanes) is 1. The lowest BCUT2D eigenvalue weighted by atomic mass is 10.1. The average molecular weight is 355 g/mol. The number of hydrogen-bond donors (Lipinski definition) is 2. The summed E-state index contributed by atoms with van der Waals surface area (Å²) in [5, 5.41) is 5.67. The molecule has 2 rings (SSSR count). The lowest BCUT2D eigenvalue weighted by molar-refractivity contribution is 0.0952. The Morgan fingerprint density at radius 1 is 1.04 bits per heavy atom. The predicted octanol–water partition coefficient (Wildman–Crippen LogP) is 2.59. The topological polar surface area (TPSA) is 80.3 Å². The first-order valence-corrected chi connectivity index (χ1v) is 8.78. The fraction of sp³-hybridized carbons (Fsp3) is 0.350. The summed E-state index contributed by atoms with van der Waals surface area (Å²) in [6, 6.07) is 9.28. The molecule has 6 nitrogen and oxygen atoms in total. The molecular weight excluding hydrogens is 330 g/mol. The van der Waals surface area contributed by atoms with E-state index in [-0.39, 0.29) is 11.8 Å². The van der Waals surface area contributed by atoms with Crippen molar-refractivity contribution in [3.8, 4) is 5.75 Å². The zero-order valence-electron chi connectivity index (χ0n) is 15.2. The molecule has 2 aromatic rings. The third-order valence-electron chi connectivity index (χ3n) is 3.91.